The van der Waals surface area contributed by atoms with Crippen LogP contribution in [0.25, 0.3) is 87.0 Å². The van der Waals surface area contributed by atoms with Crippen molar-refractivity contribution in [3.8, 4) is 0 Å². The van der Waals surface area contributed by atoms with Gasteiger partial charge < -0.3 is 18.6 Å². The van der Waals surface area contributed by atoms with Crippen LogP contribution in [-0.2, 0) is 0 Å². The molecular weight excluding hydrogens is 922 g/mol. The second-order valence-electron chi connectivity index (χ2n) is 22.3. The fourth-order valence-electron chi connectivity index (χ4n) is 15.1. The Balaban J connectivity index is 1.09. The first-order chi connectivity index (χ1) is 37.2. The molecule has 6 heteroatoms. The summed E-state index contributed by atoms with van der Waals surface area (Å²) >= 11 is 0. The molecule has 0 N–H and O–H groups in total. The fourth-order valence-corrected chi connectivity index (χ4v) is 15.1. The normalized spacial score (nSPS) is 13.6. The quantitative estimate of drug-likeness (QED) is 0.162. The van der Waals surface area contributed by atoms with Gasteiger partial charge in [0.1, 0.15) is 22.3 Å². The number of benzene rings is 12. The van der Waals surface area contributed by atoms with E-state index in [4.69, 9.17) is 8.83 Å². The van der Waals surface area contributed by atoms with Gasteiger partial charge in [0.25, 0.3) is 0 Å². The van der Waals surface area contributed by atoms with E-state index in [0.717, 1.165) is 43.9 Å². The zero-order valence-electron chi connectivity index (χ0n) is 43.2. The van der Waals surface area contributed by atoms with Gasteiger partial charge in [0.15, 0.2) is 0 Å². The second-order valence-corrected chi connectivity index (χ2v) is 22.3. The van der Waals surface area contributed by atoms with E-state index >= 15 is 0 Å². The summed E-state index contributed by atoms with van der Waals surface area (Å²) in [4.78, 5) is 5.37. The number of aryl methyl sites for hydroxylation is 6. The van der Waals surface area contributed by atoms with Crippen molar-refractivity contribution in [1.82, 2.24) is 0 Å². The zero-order valence-corrected chi connectivity index (χ0v) is 43.2. The van der Waals surface area contributed by atoms with Crippen molar-refractivity contribution in [3.05, 3.63) is 215 Å². The lowest BCUT2D eigenvalue weighted by Gasteiger charge is -2.50. The summed E-state index contributed by atoms with van der Waals surface area (Å²) in [5.41, 5.74) is 26.3. The smallest absolute Gasteiger partial charge is 0.248 e. The highest BCUT2D eigenvalue weighted by atomic mass is 16.3. The van der Waals surface area contributed by atoms with Crippen LogP contribution < -0.4 is 42.6 Å². The Morgan fingerprint density at radius 2 is 0.671 bits per heavy atom. The molecule has 0 fully saturated rings. The van der Waals surface area contributed by atoms with Crippen molar-refractivity contribution >= 4 is 167 Å². The number of fused-ring (bicyclic) bond motifs is 20. The third kappa shape index (κ3) is 5.45. The van der Waals surface area contributed by atoms with Crippen LogP contribution in [-0.4, -0.2) is 13.4 Å². The van der Waals surface area contributed by atoms with Crippen molar-refractivity contribution < 1.29 is 8.83 Å². The van der Waals surface area contributed by atoms with Crippen LogP contribution in [0.15, 0.2) is 191 Å². The molecule has 0 atom stereocenters. The first-order valence-corrected chi connectivity index (χ1v) is 26.8. The number of nitrogens with zero attached hydrogens (tertiary/aromatic N) is 2. The summed E-state index contributed by atoms with van der Waals surface area (Å²) in [5, 5.41) is 14.3. The number of rotatable bonds is 2. The third-order valence-corrected chi connectivity index (χ3v) is 17.8. The van der Waals surface area contributed by atoms with E-state index in [9.17, 15) is 0 Å². The molecule has 3 aliphatic heterocycles. The largest absolute Gasteiger partial charge is 0.456 e. The van der Waals surface area contributed by atoms with Crippen molar-refractivity contribution in [1.29, 1.82) is 0 Å². The molecule has 14 aromatic rings. The first kappa shape index (κ1) is 42.4. The predicted octanol–water partition coefficient (Wildman–Crippen LogP) is 14.9. The van der Waals surface area contributed by atoms with Gasteiger partial charge in [0, 0.05) is 32.9 Å². The van der Waals surface area contributed by atoms with Gasteiger partial charge in [-0.05, 0) is 155 Å². The molecule has 3 aliphatic rings. The highest BCUT2D eigenvalue weighted by Crippen LogP contribution is 2.58. The highest BCUT2D eigenvalue weighted by Gasteiger charge is 2.49. The Kier molecular flexibility index (Phi) is 8.29. The van der Waals surface area contributed by atoms with Crippen LogP contribution >= 0.6 is 0 Å². The maximum Gasteiger partial charge on any atom is 0.248 e. The zero-order chi connectivity index (χ0) is 50.6. The minimum absolute atomic E-state index is 0.121. The SMILES string of the molecule is Cc1cc(C)c(B2c3cc4oc5ccc6ccccc6c5c4cc3N3c4cc5ccccc5c5c4N(c4cc6c(cc4B5c4c(C)cc(C)cc4C)oc4ccc5ccccc5c46)c4cc5ccccc5c2c43)c(C)c1. The van der Waals surface area contributed by atoms with Gasteiger partial charge in [-0.25, -0.2) is 0 Å². The van der Waals surface area contributed by atoms with Gasteiger partial charge in [-0.15, -0.1) is 0 Å². The van der Waals surface area contributed by atoms with Gasteiger partial charge >= 0.3 is 0 Å². The second kappa shape index (κ2) is 14.9. The van der Waals surface area contributed by atoms with Gasteiger partial charge in [0.2, 0.25) is 13.4 Å². The average molecular weight is 971 g/mol. The highest BCUT2D eigenvalue weighted by molar-refractivity contribution is 7.01. The van der Waals surface area contributed by atoms with Crippen LogP contribution in [0.1, 0.15) is 33.4 Å². The van der Waals surface area contributed by atoms with Gasteiger partial charge in [-0.3, -0.25) is 0 Å². The molecule has 0 saturated heterocycles. The monoisotopic (exact) mass is 970 g/mol. The Hall–Kier alpha value is -8.99. The lowest BCUT2D eigenvalue weighted by Crippen LogP contribution is -2.62. The standard InChI is InChI=1S/C70H48B2N2O2/c1-37-27-39(3)65(40(4)28-37)71-53-35-61-51(63-47-19-11-7-15-43(47)23-25-59(63)75-61)33-55(53)73-58-32-46-18-10-14-22-50(46)68-70(58)74(57-31-45-17-9-13-21-49(45)67(71)69(57)73)56-34-52-62(76-60-26-24-44-16-8-12-20-48(44)64(52)60)36-54(56)72(68)66-41(5)29-38(2)30-42(66)6/h7-36H,1-6H3. The van der Waals surface area contributed by atoms with Gasteiger partial charge in [0.05, 0.1) is 22.7 Å². The van der Waals surface area contributed by atoms with Crippen molar-refractivity contribution in [3.63, 3.8) is 0 Å². The van der Waals surface area contributed by atoms with Crippen LogP contribution in [0.2, 0.25) is 0 Å². The van der Waals surface area contributed by atoms with E-state index < -0.39 is 0 Å². The molecule has 2 aromatic heterocycles. The average Bonchev–Trinajstić information content (AvgIpc) is 3.92. The fraction of sp³-hybridized carbons (Fsp3) is 0.0857. The van der Waals surface area contributed by atoms with E-state index in [0.29, 0.717) is 0 Å². The Labute approximate surface area is 440 Å². The number of hydrogen-bond acceptors (Lipinski definition) is 4. The summed E-state index contributed by atoms with van der Waals surface area (Å²) in [5.74, 6) is 0. The van der Waals surface area contributed by atoms with E-state index in [-0.39, 0.29) is 13.4 Å². The number of hydrogen-bond donors (Lipinski definition) is 0. The molecule has 0 saturated carbocycles. The number of anilines is 6. The van der Waals surface area contributed by atoms with E-state index in [2.05, 4.69) is 233 Å². The molecule has 0 amide bonds. The minimum atomic E-state index is -0.121. The van der Waals surface area contributed by atoms with E-state index in [1.807, 2.05) is 0 Å². The molecule has 0 radical (unpaired) electrons. The van der Waals surface area contributed by atoms with Crippen LogP contribution in [0, 0.1) is 41.5 Å². The molecule has 4 nitrogen and oxygen atoms in total. The van der Waals surface area contributed by atoms with Crippen molar-refractivity contribution in [2.45, 2.75) is 41.5 Å². The summed E-state index contributed by atoms with van der Waals surface area (Å²) in [7, 11) is 0. The molecule has 0 spiro atoms. The van der Waals surface area contributed by atoms with E-state index in [1.54, 1.807) is 0 Å². The maximum absolute atomic E-state index is 7.05. The molecule has 17 rings (SSSR count). The topological polar surface area (TPSA) is 32.8 Å². The molecule has 0 unspecified atom stereocenters. The third-order valence-electron chi connectivity index (χ3n) is 17.8. The van der Waals surface area contributed by atoms with Crippen molar-refractivity contribution in [2.24, 2.45) is 0 Å². The Morgan fingerprint density at radius 3 is 1.08 bits per heavy atom. The predicted molar refractivity (Wildman–Crippen MR) is 325 cm³/mol. The molecule has 356 valence electrons. The molecule has 0 aliphatic carbocycles. The maximum atomic E-state index is 7.05. The minimum Gasteiger partial charge on any atom is -0.456 e. The van der Waals surface area contributed by atoms with Crippen molar-refractivity contribution in [2.75, 3.05) is 9.80 Å². The molecule has 76 heavy (non-hydrogen) atoms. The summed E-state index contributed by atoms with van der Waals surface area (Å²) in [6.07, 6.45) is 0. The van der Waals surface area contributed by atoms with Crippen LogP contribution in [0.4, 0.5) is 34.1 Å². The van der Waals surface area contributed by atoms with Gasteiger partial charge in [-0.2, -0.15) is 0 Å². The summed E-state index contributed by atoms with van der Waals surface area (Å²) in [6.45, 7) is 13.5. The van der Waals surface area contributed by atoms with E-state index in [1.165, 1.54) is 143 Å². The Morgan fingerprint density at radius 1 is 0.303 bits per heavy atom. The summed E-state index contributed by atoms with van der Waals surface area (Å²) in [6, 6.07) is 68.8. The Bertz CT molecular complexity index is 4640. The molecular formula is C70H48B2N2O2. The summed E-state index contributed by atoms with van der Waals surface area (Å²) < 4.78 is 14.1. The lowest BCUT2D eigenvalue weighted by atomic mass is 9.32. The van der Waals surface area contributed by atoms with Gasteiger partial charge in [-0.1, -0.05) is 178 Å². The number of furan rings is 2. The van der Waals surface area contributed by atoms with Crippen LogP contribution in [0.5, 0.6) is 0 Å². The first-order valence-electron chi connectivity index (χ1n) is 26.8. The van der Waals surface area contributed by atoms with Crippen LogP contribution in [0.3, 0.4) is 0 Å². The lowest BCUT2D eigenvalue weighted by molar-refractivity contribution is 0.669. The molecule has 12 aromatic carbocycles. The molecule has 0 bridgehead atoms. The molecule has 5 heterocycles.